The third kappa shape index (κ3) is 2.22. The highest BCUT2D eigenvalue weighted by atomic mass is 35.5. The van der Waals surface area contributed by atoms with Crippen LogP contribution in [0.1, 0.15) is 18.2 Å². The van der Waals surface area contributed by atoms with Crippen LogP contribution in [0.4, 0.5) is 0 Å². The van der Waals surface area contributed by atoms with Crippen LogP contribution in [0.5, 0.6) is 0 Å². The molecule has 0 saturated heterocycles. The molecule has 0 aliphatic heterocycles. The van der Waals surface area contributed by atoms with Gasteiger partial charge in [-0.15, -0.1) is 0 Å². The zero-order valence-corrected chi connectivity index (χ0v) is 6.71. The number of halogens is 1. The van der Waals surface area contributed by atoms with Gasteiger partial charge in [0.2, 0.25) is 0 Å². The van der Waals surface area contributed by atoms with E-state index in [4.69, 9.17) is 26.9 Å². The van der Waals surface area contributed by atoms with Crippen LogP contribution in [0, 0.1) is 0 Å². The molecule has 1 rings (SSSR count). The molecule has 1 heterocycles. The van der Waals surface area contributed by atoms with Crippen molar-refractivity contribution >= 4 is 11.6 Å². The predicted molar refractivity (Wildman–Crippen MR) is 42.3 cm³/mol. The number of hydrogen-bond donors (Lipinski definition) is 2. The summed E-state index contributed by atoms with van der Waals surface area (Å²) in [7, 11) is 0. The number of furan rings is 1. The zero-order valence-electron chi connectivity index (χ0n) is 5.96. The first-order chi connectivity index (χ1) is 5.24. The molecule has 0 fully saturated rings. The fraction of sp³-hybridized carbons (Fsp3) is 0.429. The van der Waals surface area contributed by atoms with E-state index in [0.29, 0.717) is 17.2 Å². The molecule has 0 amide bonds. The minimum atomic E-state index is -0.257. The summed E-state index contributed by atoms with van der Waals surface area (Å²) in [6, 6.07) is 1.40. The molecule has 1 aromatic heterocycles. The van der Waals surface area contributed by atoms with Crippen molar-refractivity contribution in [2.75, 3.05) is 6.61 Å². The molecule has 62 valence electrons. The summed E-state index contributed by atoms with van der Waals surface area (Å²) in [4.78, 5) is 0. The third-order valence-corrected chi connectivity index (χ3v) is 1.59. The normalized spacial score (nSPS) is 13.4. The maximum Gasteiger partial charge on any atom is 0.122 e. The predicted octanol–water partition coefficient (Wildman–Crippen LogP) is 1.32. The first-order valence-corrected chi connectivity index (χ1v) is 3.72. The fourth-order valence-electron chi connectivity index (χ4n) is 0.804. The van der Waals surface area contributed by atoms with Gasteiger partial charge in [0.15, 0.2) is 0 Å². The Morgan fingerprint density at radius 3 is 2.91 bits per heavy atom. The quantitative estimate of drug-likeness (QED) is 0.729. The Bertz CT molecular complexity index is 224. The van der Waals surface area contributed by atoms with E-state index in [1.165, 1.54) is 6.26 Å². The van der Waals surface area contributed by atoms with Crippen molar-refractivity contribution < 1.29 is 9.52 Å². The van der Waals surface area contributed by atoms with Crippen LogP contribution < -0.4 is 5.73 Å². The maximum atomic E-state index is 8.55. The van der Waals surface area contributed by atoms with Gasteiger partial charge in [-0.3, -0.25) is 0 Å². The van der Waals surface area contributed by atoms with E-state index < -0.39 is 0 Å². The second kappa shape index (κ2) is 3.76. The van der Waals surface area contributed by atoms with E-state index in [9.17, 15) is 0 Å². The molecule has 0 unspecified atom stereocenters. The number of rotatable bonds is 3. The van der Waals surface area contributed by atoms with Crippen molar-refractivity contribution in [3.05, 3.63) is 23.1 Å². The first kappa shape index (κ1) is 8.59. The summed E-state index contributed by atoms with van der Waals surface area (Å²) in [5.41, 5.74) is 5.61. The van der Waals surface area contributed by atoms with Crippen LogP contribution in [0.25, 0.3) is 0 Å². The number of aliphatic hydroxyl groups excluding tert-OH is 1. The molecule has 0 aliphatic rings. The second-order valence-corrected chi connectivity index (χ2v) is 2.72. The maximum absolute atomic E-state index is 8.55. The first-order valence-electron chi connectivity index (χ1n) is 3.34. The molecular weight excluding hydrogens is 166 g/mol. The molecule has 1 atom stereocenters. The molecule has 4 heteroatoms. The van der Waals surface area contributed by atoms with Crippen molar-refractivity contribution in [3.63, 3.8) is 0 Å². The van der Waals surface area contributed by atoms with Crippen LogP contribution >= 0.6 is 11.6 Å². The van der Waals surface area contributed by atoms with Crippen LogP contribution in [0.3, 0.4) is 0 Å². The smallest absolute Gasteiger partial charge is 0.122 e. The minimum Gasteiger partial charge on any atom is -0.466 e. The van der Waals surface area contributed by atoms with E-state index in [2.05, 4.69) is 0 Å². The molecule has 0 aliphatic carbocycles. The van der Waals surface area contributed by atoms with Gasteiger partial charge in [-0.2, -0.15) is 0 Å². The van der Waals surface area contributed by atoms with Crippen LogP contribution in [-0.4, -0.2) is 11.7 Å². The second-order valence-electron chi connectivity index (χ2n) is 2.29. The molecule has 0 bridgehead atoms. The Morgan fingerprint density at radius 2 is 2.45 bits per heavy atom. The topological polar surface area (TPSA) is 59.4 Å². The third-order valence-electron chi connectivity index (χ3n) is 1.39. The van der Waals surface area contributed by atoms with Crippen molar-refractivity contribution in [2.24, 2.45) is 5.73 Å². The monoisotopic (exact) mass is 175 g/mol. The van der Waals surface area contributed by atoms with Gasteiger partial charge in [0, 0.05) is 6.61 Å². The van der Waals surface area contributed by atoms with Gasteiger partial charge in [0.05, 0.1) is 11.1 Å². The molecule has 0 aromatic carbocycles. The summed E-state index contributed by atoms with van der Waals surface area (Å²) in [5.74, 6) is 0.615. The number of hydrogen-bond acceptors (Lipinski definition) is 3. The SMILES string of the molecule is N[C@H](CCO)c1cc(Cl)co1. The van der Waals surface area contributed by atoms with Gasteiger partial charge >= 0.3 is 0 Å². The van der Waals surface area contributed by atoms with E-state index in [1.807, 2.05) is 0 Å². The summed E-state index contributed by atoms with van der Waals surface area (Å²) < 4.78 is 5.01. The minimum absolute atomic E-state index is 0.0550. The summed E-state index contributed by atoms with van der Waals surface area (Å²) >= 11 is 5.59. The summed E-state index contributed by atoms with van der Waals surface area (Å²) in [5, 5.41) is 9.09. The van der Waals surface area contributed by atoms with E-state index >= 15 is 0 Å². The average Bonchev–Trinajstić information content (AvgIpc) is 2.36. The lowest BCUT2D eigenvalue weighted by Gasteiger charge is -2.04. The lowest BCUT2D eigenvalue weighted by molar-refractivity contribution is 0.268. The van der Waals surface area contributed by atoms with Crippen molar-refractivity contribution in [2.45, 2.75) is 12.5 Å². The fourth-order valence-corrected chi connectivity index (χ4v) is 0.956. The summed E-state index contributed by atoms with van der Waals surface area (Å²) in [6.45, 7) is 0.0550. The highest BCUT2D eigenvalue weighted by Gasteiger charge is 2.08. The van der Waals surface area contributed by atoms with Crippen LogP contribution in [-0.2, 0) is 0 Å². The highest BCUT2D eigenvalue weighted by molar-refractivity contribution is 6.30. The van der Waals surface area contributed by atoms with Crippen molar-refractivity contribution in [1.82, 2.24) is 0 Å². The largest absolute Gasteiger partial charge is 0.466 e. The molecular formula is C7H10ClNO2. The Kier molecular flexibility index (Phi) is 2.93. The molecule has 0 spiro atoms. The lowest BCUT2D eigenvalue weighted by atomic mass is 10.2. The van der Waals surface area contributed by atoms with E-state index in [0.717, 1.165) is 0 Å². The standard InChI is InChI=1S/C7H10ClNO2/c8-5-3-7(11-4-5)6(9)1-2-10/h3-4,6,10H,1-2,9H2/t6-/m1/s1. The Balaban J connectivity index is 2.60. The number of nitrogens with two attached hydrogens (primary N) is 1. The van der Waals surface area contributed by atoms with Crippen molar-refractivity contribution in [1.29, 1.82) is 0 Å². The molecule has 11 heavy (non-hydrogen) atoms. The van der Waals surface area contributed by atoms with Gasteiger partial charge in [0.1, 0.15) is 12.0 Å². The Labute approximate surface area is 69.8 Å². The summed E-state index contributed by atoms with van der Waals surface area (Å²) in [6.07, 6.45) is 1.91. The van der Waals surface area contributed by atoms with Gasteiger partial charge in [-0.1, -0.05) is 11.6 Å². The molecule has 3 N–H and O–H groups in total. The van der Waals surface area contributed by atoms with Crippen molar-refractivity contribution in [3.8, 4) is 0 Å². The molecule has 1 aromatic rings. The lowest BCUT2D eigenvalue weighted by Crippen LogP contribution is -2.10. The van der Waals surface area contributed by atoms with Gasteiger partial charge in [0.25, 0.3) is 0 Å². The molecule has 0 saturated carbocycles. The van der Waals surface area contributed by atoms with E-state index in [-0.39, 0.29) is 12.6 Å². The van der Waals surface area contributed by atoms with Crippen LogP contribution in [0.2, 0.25) is 5.02 Å². The van der Waals surface area contributed by atoms with Gasteiger partial charge in [-0.05, 0) is 12.5 Å². The van der Waals surface area contributed by atoms with E-state index in [1.54, 1.807) is 6.07 Å². The average molecular weight is 176 g/mol. The number of aliphatic hydroxyl groups is 1. The van der Waals surface area contributed by atoms with Crippen LogP contribution in [0.15, 0.2) is 16.7 Å². The van der Waals surface area contributed by atoms with Gasteiger partial charge < -0.3 is 15.3 Å². The van der Waals surface area contributed by atoms with Gasteiger partial charge in [-0.25, -0.2) is 0 Å². The molecule has 0 radical (unpaired) electrons. The highest BCUT2D eigenvalue weighted by Crippen LogP contribution is 2.19. The zero-order chi connectivity index (χ0) is 8.27. The molecule has 3 nitrogen and oxygen atoms in total. The Morgan fingerprint density at radius 1 is 1.73 bits per heavy atom. The Hall–Kier alpha value is -0.510.